The summed E-state index contributed by atoms with van der Waals surface area (Å²) < 4.78 is 0. The molecule has 0 unspecified atom stereocenters. The molecule has 1 aliphatic rings. The van der Waals surface area contributed by atoms with Gasteiger partial charge in [0, 0.05) is 50.6 Å². The summed E-state index contributed by atoms with van der Waals surface area (Å²) in [5, 5.41) is 3.55. The van der Waals surface area contributed by atoms with Crippen molar-refractivity contribution in [2.75, 3.05) is 43.5 Å². The minimum atomic E-state index is 0.196. The Morgan fingerprint density at radius 3 is 2.61 bits per heavy atom. The van der Waals surface area contributed by atoms with E-state index in [-0.39, 0.29) is 5.54 Å². The quantitative estimate of drug-likeness (QED) is 0.865. The standard InChI is InChI=1S/C15H25N3/c1-12-6-7-13(10-14(12)17(4)5)18-9-8-16-15(2,3)11-18/h6-7,10,16H,8-9,11H2,1-5H3. The van der Waals surface area contributed by atoms with Crippen LogP contribution in [-0.4, -0.2) is 39.3 Å². The molecule has 0 radical (unpaired) electrons. The van der Waals surface area contributed by atoms with Crippen LogP contribution in [0.4, 0.5) is 11.4 Å². The molecule has 0 bridgehead atoms. The van der Waals surface area contributed by atoms with E-state index in [4.69, 9.17) is 0 Å². The number of piperazine rings is 1. The van der Waals surface area contributed by atoms with E-state index in [1.807, 2.05) is 0 Å². The van der Waals surface area contributed by atoms with E-state index in [9.17, 15) is 0 Å². The zero-order valence-electron chi connectivity index (χ0n) is 12.2. The summed E-state index contributed by atoms with van der Waals surface area (Å²) >= 11 is 0. The largest absolute Gasteiger partial charge is 0.377 e. The molecule has 0 amide bonds. The van der Waals surface area contributed by atoms with Crippen molar-refractivity contribution in [3.63, 3.8) is 0 Å². The Morgan fingerprint density at radius 2 is 2.00 bits per heavy atom. The predicted molar refractivity (Wildman–Crippen MR) is 79.8 cm³/mol. The zero-order valence-corrected chi connectivity index (χ0v) is 12.2. The normalized spacial score (nSPS) is 18.8. The number of aryl methyl sites for hydroxylation is 1. The van der Waals surface area contributed by atoms with Crippen LogP contribution in [0.25, 0.3) is 0 Å². The molecule has 1 aromatic rings. The summed E-state index contributed by atoms with van der Waals surface area (Å²) in [6.45, 7) is 9.89. The third-order valence-corrected chi connectivity index (χ3v) is 3.61. The summed E-state index contributed by atoms with van der Waals surface area (Å²) in [4.78, 5) is 4.66. The highest BCUT2D eigenvalue weighted by molar-refractivity contribution is 5.63. The molecule has 1 N–H and O–H groups in total. The van der Waals surface area contributed by atoms with Crippen LogP contribution in [0, 0.1) is 6.92 Å². The molecule has 0 atom stereocenters. The lowest BCUT2D eigenvalue weighted by atomic mass is 10.0. The van der Waals surface area contributed by atoms with Gasteiger partial charge in [-0.1, -0.05) is 6.07 Å². The lowest BCUT2D eigenvalue weighted by molar-refractivity contribution is 0.353. The van der Waals surface area contributed by atoms with Gasteiger partial charge in [0.1, 0.15) is 0 Å². The van der Waals surface area contributed by atoms with Gasteiger partial charge in [-0.25, -0.2) is 0 Å². The summed E-state index contributed by atoms with van der Waals surface area (Å²) in [6, 6.07) is 6.76. The first kappa shape index (κ1) is 13.2. The van der Waals surface area contributed by atoms with Crippen LogP contribution in [0.3, 0.4) is 0 Å². The fourth-order valence-corrected chi connectivity index (χ4v) is 2.64. The van der Waals surface area contributed by atoms with Crippen molar-refractivity contribution in [2.45, 2.75) is 26.3 Å². The topological polar surface area (TPSA) is 18.5 Å². The number of hydrogen-bond acceptors (Lipinski definition) is 3. The van der Waals surface area contributed by atoms with Crippen molar-refractivity contribution in [3.05, 3.63) is 23.8 Å². The van der Waals surface area contributed by atoms with Crippen LogP contribution in [0.2, 0.25) is 0 Å². The maximum absolute atomic E-state index is 3.55. The van der Waals surface area contributed by atoms with Gasteiger partial charge in [0.2, 0.25) is 0 Å². The second kappa shape index (κ2) is 4.81. The van der Waals surface area contributed by atoms with Crippen molar-refractivity contribution < 1.29 is 0 Å². The number of hydrogen-bond donors (Lipinski definition) is 1. The van der Waals surface area contributed by atoms with Gasteiger partial charge in [-0.05, 0) is 38.5 Å². The predicted octanol–water partition coefficient (Wildman–Crippen LogP) is 2.25. The molecule has 1 fully saturated rings. The highest BCUT2D eigenvalue weighted by Crippen LogP contribution is 2.27. The van der Waals surface area contributed by atoms with Crippen LogP contribution in [0.1, 0.15) is 19.4 Å². The summed E-state index contributed by atoms with van der Waals surface area (Å²) in [7, 11) is 4.21. The summed E-state index contributed by atoms with van der Waals surface area (Å²) in [6.07, 6.45) is 0. The lowest BCUT2D eigenvalue weighted by Gasteiger charge is -2.40. The van der Waals surface area contributed by atoms with Crippen LogP contribution < -0.4 is 15.1 Å². The Labute approximate surface area is 111 Å². The van der Waals surface area contributed by atoms with E-state index in [1.165, 1.54) is 16.9 Å². The van der Waals surface area contributed by atoms with Crippen molar-refractivity contribution in [1.82, 2.24) is 5.32 Å². The average molecular weight is 247 g/mol. The molecule has 2 rings (SSSR count). The maximum Gasteiger partial charge on any atom is 0.0411 e. The molecule has 3 nitrogen and oxygen atoms in total. The highest BCUT2D eigenvalue weighted by Gasteiger charge is 2.25. The van der Waals surface area contributed by atoms with Crippen LogP contribution in [0.5, 0.6) is 0 Å². The molecular formula is C15H25N3. The summed E-state index contributed by atoms with van der Waals surface area (Å²) in [5.74, 6) is 0. The first-order chi connectivity index (χ1) is 8.39. The Balaban J connectivity index is 2.25. The molecule has 0 aliphatic carbocycles. The van der Waals surface area contributed by atoms with Gasteiger partial charge in [-0.3, -0.25) is 0 Å². The first-order valence-corrected chi connectivity index (χ1v) is 6.67. The second-order valence-electron chi connectivity index (χ2n) is 6.10. The maximum atomic E-state index is 3.55. The minimum absolute atomic E-state index is 0.196. The fraction of sp³-hybridized carbons (Fsp3) is 0.600. The molecule has 100 valence electrons. The number of anilines is 2. The Kier molecular flexibility index (Phi) is 3.53. The van der Waals surface area contributed by atoms with Crippen molar-refractivity contribution in [1.29, 1.82) is 0 Å². The van der Waals surface area contributed by atoms with Gasteiger partial charge in [0.25, 0.3) is 0 Å². The van der Waals surface area contributed by atoms with E-state index in [2.05, 4.69) is 68.2 Å². The van der Waals surface area contributed by atoms with Crippen LogP contribution >= 0.6 is 0 Å². The third kappa shape index (κ3) is 2.78. The molecule has 1 aromatic carbocycles. The van der Waals surface area contributed by atoms with Gasteiger partial charge in [0.15, 0.2) is 0 Å². The van der Waals surface area contributed by atoms with Gasteiger partial charge in [-0.15, -0.1) is 0 Å². The van der Waals surface area contributed by atoms with Crippen LogP contribution in [-0.2, 0) is 0 Å². The molecule has 1 heterocycles. The summed E-state index contributed by atoms with van der Waals surface area (Å²) in [5.41, 5.74) is 4.17. The monoisotopic (exact) mass is 247 g/mol. The van der Waals surface area contributed by atoms with E-state index in [0.29, 0.717) is 0 Å². The smallest absolute Gasteiger partial charge is 0.0411 e. The first-order valence-electron chi connectivity index (χ1n) is 6.67. The molecule has 0 spiro atoms. The second-order valence-corrected chi connectivity index (χ2v) is 6.10. The molecule has 18 heavy (non-hydrogen) atoms. The van der Waals surface area contributed by atoms with Crippen molar-refractivity contribution >= 4 is 11.4 Å². The molecule has 1 saturated heterocycles. The number of benzene rings is 1. The van der Waals surface area contributed by atoms with Gasteiger partial charge >= 0.3 is 0 Å². The number of nitrogens with zero attached hydrogens (tertiary/aromatic N) is 2. The zero-order chi connectivity index (χ0) is 13.3. The third-order valence-electron chi connectivity index (χ3n) is 3.61. The van der Waals surface area contributed by atoms with Gasteiger partial charge in [-0.2, -0.15) is 0 Å². The Morgan fingerprint density at radius 1 is 1.28 bits per heavy atom. The molecule has 1 aliphatic heterocycles. The van der Waals surface area contributed by atoms with Gasteiger partial charge < -0.3 is 15.1 Å². The Bertz CT molecular complexity index is 424. The van der Waals surface area contributed by atoms with E-state index in [1.54, 1.807) is 0 Å². The molecule has 3 heteroatoms. The van der Waals surface area contributed by atoms with E-state index in [0.717, 1.165) is 19.6 Å². The van der Waals surface area contributed by atoms with E-state index >= 15 is 0 Å². The number of rotatable bonds is 2. The van der Waals surface area contributed by atoms with E-state index < -0.39 is 0 Å². The van der Waals surface area contributed by atoms with Crippen LogP contribution in [0.15, 0.2) is 18.2 Å². The average Bonchev–Trinajstić information content (AvgIpc) is 2.27. The SMILES string of the molecule is Cc1ccc(N2CCNC(C)(C)C2)cc1N(C)C. The van der Waals surface area contributed by atoms with Crippen molar-refractivity contribution in [2.24, 2.45) is 0 Å². The highest BCUT2D eigenvalue weighted by atomic mass is 15.2. The lowest BCUT2D eigenvalue weighted by Crippen LogP contribution is -2.57. The fourth-order valence-electron chi connectivity index (χ4n) is 2.64. The minimum Gasteiger partial charge on any atom is -0.377 e. The molecule has 0 saturated carbocycles. The van der Waals surface area contributed by atoms with Crippen molar-refractivity contribution in [3.8, 4) is 0 Å². The Hall–Kier alpha value is -1.22. The van der Waals surface area contributed by atoms with Gasteiger partial charge in [0.05, 0.1) is 0 Å². The molecule has 0 aromatic heterocycles. The molecular weight excluding hydrogens is 222 g/mol. The number of nitrogens with one attached hydrogen (secondary N) is 1.